The fourth-order valence-corrected chi connectivity index (χ4v) is 6.03. The van der Waals surface area contributed by atoms with E-state index in [4.69, 9.17) is 18.9 Å². The first kappa shape index (κ1) is 52.9. The minimum Gasteiger partial charge on any atom is -0.462 e. The number of aliphatic hydroxyl groups is 4. The molecule has 0 amide bonds. The third-order valence-electron chi connectivity index (χ3n) is 9.53. The zero-order valence-corrected chi connectivity index (χ0v) is 35.8. The van der Waals surface area contributed by atoms with Gasteiger partial charge in [0.15, 0.2) is 12.4 Å². The van der Waals surface area contributed by atoms with Gasteiger partial charge in [-0.3, -0.25) is 9.59 Å². The third kappa shape index (κ3) is 29.1. The van der Waals surface area contributed by atoms with Crippen LogP contribution < -0.4 is 0 Å². The maximum atomic E-state index is 12.7. The maximum absolute atomic E-state index is 12.7. The Morgan fingerprint density at radius 2 is 1.05 bits per heavy atom. The van der Waals surface area contributed by atoms with Crippen LogP contribution in [0.15, 0.2) is 85.1 Å². The molecule has 0 radical (unpaired) electrons. The van der Waals surface area contributed by atoms with E-state index in [1.807, 2.05) is 12.2 Å². The van der Waals surface area contributed by atoms with E-state index in [1.54, 1.807) is 0 Å². The summed E-state index contributed by atoms with van der Waals surface area (Å²) in [6, 6.07) is 0. The van der Waals surface area contributed by atoms with Gasteiger partial charge in [-0.1, -0.05) is 144 Å². The van der Waals surface area contributed by atoms with E-state index in [0.29, 0.717) is 12.8 Å². The van der Waals surface area contributed by atoms with Gasteiger partial charge in [-0.2, -0.15) is 0 Å². The maximum Gasteiger partial charge on any atom is 0.306 e. The highest BCUT2D eigenvalue weighted by molar-refractivity contribution is 5.70. The fraction of sp³-hybridized carbons (Fsp3) is 0.667. The molecule has 1 fully saturated rings. The largest absolute Gasteiger partial charge is 0.462 e. The Labute approximate surface area is 350 Å². The average molecular weight is 815 g/mol. The molecule has 1 rings (SSSR count). The molecule has 2 unspecified atom stereocenters. The second-order valence-corrected chi connectivity index (χ2v) is 14.8. The number of aliphatic hydroxyl groups excluding tert-OH is 4. The van der Waals surface area contributed by atoms with Crippen LogP contribution in [0.4, 0.5) is 0 Å². The summed E-state index contributed by atoms with van der Waals surface area (Å²) in [5.74, 6) is -0.923. The molecule has 1 aliphatic heterocycles. The summed E-state index contributed by atoms with van der Waals surface area (Å²) in [6.45, 7) is 3.19. The van der Waals surface area contributed by atoms with Crippen LogP contribution in [0.25, 0.3) is 0 Å². The number of carbonyl (C=O) groups excluding carboxylic acids is 2. The molecule has 58 heavy (non-hydrogen) atoms. The van der Waals surface area contributed by atoms with E-state index < -0.39 is 55.4 Å². The van der Waals surface area contributed by atoms with Crippen LogP contribution >= 0.6 is 0 Å². The lowest BCUT2D eigenvalue weighted by molar-refractivity contribution is -0.305. The molecule has 0 spiro atoms. The van der Waals surface area contributed by atoms with Crippen LogP contribution in [0.1, 0.15) is 149 Å². The standard InChI is InChI=1S/C48H78O10/c1-3-5-7-9-11-13-15-17-19-20-21-22-23-25-26-28-30-32-34-36-43(50)55-39-41(40-56-48-47(54)46(53)45(52)42(38-49)58-48)57-44(51)37-35-33-31-29-27-24-18-16-14-12-10-8-6-4-2/h5,7,11,13,16-19,21-22,25-26,30,32,41-42,45-49,52-54H,3-4,6,8-10,12,14-15,20,23-24,27-29,31,33-40H2,1-2H3/b7-5+,13-11+,18-16+,19-17+,22-21+,26-25+,32-30+/t41-,42-,45+,46?,47?,48-/m0/s1. The Bertz CT molecular complexity index is 1220. The van der Waals surface area contributed by atoms with Gasteiger partial charge in [0.05, 0.1) is 13.2 Å². The molecule has 0 bridgehead atoms. The number of ether oxygens (including phenoxy) is 4. The molecule has 0 aromatic rings. The van der Waals surface area contributed by atoms with E-state index in [2.05, 4.69) is 86.8 Å². The van der Waals surface area contributed by atoms with Crippen LogP contribution in [0.2, 0.25) is 0 Å². The van der Waals surface area contributed by atoms with Gasteiger partial charge in [-0.05, 0) is 77.0 Å². The number of unbranched alkanes of at least 4 members (excludes halogenated alkanes) is 10. The van der Waals surface area contributed by atoms with Crippen molar-refractivity contribution in [3.8, 4) is 0 Å². The molecule has 6 atom stereocenters. The monoisotopic (exact) mass is 815 g/mol. The quantitative estimate of drug-likeness (QED) is 0.0277. The van der Waals surface area contributed by atoms with E-state index in [0.717, 1.165) is 77.0 Å². The molecule has 10 heteroatoms. The number of rotatable bonds is 35. The topological polar surface area (TPSA) is 152 Å². The smallest absolute Gasteiger partial charge is 0.306 e. The van der Waals surface area contributed by atoms with Crippen molar-refractivity contribution in [1.29, 1.82) is 0 Å². The summed E-state index contributed by atoms with van der Waals surface area (Å²) >= 11 is 0. The number of esters is 2. The predicted octanol–water partition coefficient (Wildman–Crippen LogP) is 9.38. The molecule has 4 N–H and O–H groups in total. The Hall–Kier alpha value is -3.12. The molecule has 0 aromatic heterocycles. The van der Waals surface area contributed by atoms with Crippen molar-refractivity contribution in [1.82, 2.24) is 0 Å². The number of hydrogen-bond acceptors (Lipinski definition) is 10. The molecular weight excluding hydrogens is 737 g/mol. The Balaban J connectivity index is 2.41. The molecule has 330 valence electrons. The lowest BCUT2D eigenvalue weighted by atomic mass is 9.99. The molecule has 10 nitrogen and oxygen atoms in total. The lowest BCUT2D eigenvalue weighted by Crippen LogP contribution is -2.59. The van der Waals surface area contributed by atoms with Crippen LogP contribution in [0.5, 0.6) is 0 Å². The van der Waals surface area contributed by atoms with Crippen molar-refractivity contribution < 1.29 is 49.0 Å². The third-order valence-corrected chi connectivity index (χ3v) is 9.53. The Kier molecular flexibility index (Phi) is 34.8. The van der Waals surface area contributed by atoms with Crippen molar-refractivity contribution in [3.05, 3.63) is 85.1 Å². The first-order valence-electron chi connectivity index (χ1n) is 22.2. The van der Waals surface area contributed by atoms with Gasteiger partial charge in [-0.15, -0.1) is 0 Å². The SMILES string of the molecule is CC/C=C/C/C=C/C/C=C/C/C=C/C/C=C/C/C=C/CCC(=O)OC[C@@H](CO[C@H]1O[C@@H](CO)[C@@H](O)C(O)C1O)OC(=O)CCCCCCC/C=C/CCCCCCC. The van der Waals surface area contributed by atoms with Gasteiger partial charge in [0.1, 0.15) is 31.0 Å². The fourth-order valence-electron chi connectivity index (χ4n) is 6.03. The van der Waals surface area contributed by atoms with Crippen LogP contribution in [-0.4, -0.2) is 89.0 Å². The van der Waals surface area contributed by atoms with E-state index in [-0.39, 0.29) is 26.1 Å². The zero-order valence-electron chi connectivity index (χ0n) is 35.8. The first-order valence-corrected chi connectivity index (χ1v) is 22.2. The van der Waals surface area contributed by atoms with Crippen molar-refractivity contribution in [2.24, 2.45) is 0 Å². The summed E-state index contributed by atoms with van der Waals surface area (Å²) in [5, 5.41) is 40.0. The summed E-state index contributed by atoms with van der Waals surface area (Å²) in [7, 11) is 0. The molecule has 1 aliphatic rings. The summed E-state index contributed by atoms with van der Waals surface area (Å²) in [6.07, 6.45) is 41.7. The molecule has 0 aromatic carbocycles. The summed E-state index contributed by atoms with van der Waals surface area (Å²) in [4.78, 5) is 25.3. The molecule has 1 heterocycles. The zero-order chi connectivity index (χ0) is 42.3. The number of carbonyl (C=O) groups is 2. The second-order valence-electron chi connectivity index (χ2n) is 14.8. The van der Waals surface area contributed by atoms with Crippen molar-refractivity contribution in [2.45, 2.75) is 185 Å². The average Bonchev–Trinajstić information content (AvgIpc) is 3.22. The predicted molar refractivity (Wildman–Crippen MR) is 233 cm³/mol. The summed E-state index contributed by atoms with van der Waals surface area (Å²) in [5.41, 5.74) is 0. The van der Waals surface area contributed by atoms with Crippen LogP contribution in [0, 0.1) is 0 Å². The number of hydrogen-bond donors (Lipinski definition) is 4. The van der Waals surface area contributed by atoms with E-state index >= 15 is 0 Å². The van der Waals surface area contributed by atoms with Gasteiger partial charge in [-0.25, -0.2) is 0 Å². The molecular formula is C48H78O10. The van der Waals surface area contributed by atoms with Crippen LogP contribution in [0.3, 0.4) is 0 Å². The minimum atomic E-state index is -1.61. The Morgan fingerprint density at radius 3 is 1.60 bits per heavy atom. The van der Waals surface area contributed by atoms with Gasteiger partial charge < -0.3 is 39.4 Å². The normalized spacial score (nSPS) is 21.0. The number of allylic oxidation sites excluding steroid dienone is 14. The van der Waals surface area contributed by atoms with E-state index in [9.17, 15) is 30.0 Å². The summed E-state index contributed by atoms with van der Waals surface area (Å²) < 4.78 is 22.0. The highest BCUT2D eigenvalue weighted by Gasteiger charge is 2.44. The second kappa shape index (κ2) is 38.1. The van der Waals surface area contributed by atoms with Gasteiger partial charge >= 0.3 is 11.9 Å². The van der Waals surface area contributed by atoms with Gasteiger partial charge in [0, 0.05) is 12.8 Å². The van der Waals surface area contributed by atoms with Gasteiger partial charge in [0.2, 0.25) is 0 Å². The van der Waals surface area contributed by atoms with Gasteiger partial charge in [0.25, 0.3) is 0 Å². The van der Waals surface area contributed by atoms with Crippen LogP contribution in [-0.2, 0) is 28.5 Å². The molecule has 0 saturated carbocycles. The minimum absolute atomic E-state index is 0.144. The highest BCUT2D eigenvalue weighted by Crippen LogP contribution is 2.22. The Morgan fingerprint density at radius 1 is 0.552 bits per heavy atom. The lowest BCUT2D eigenvalue weighted by Gasteiger charge is -2.39. The molecule has 1 saturated heterocycles. The van der Waals surface area contributed by atoms with Crippen molar-refractivity contribution in [3.63, 3.8) is 0 Å². The van der Waals surface area contributed by atoms with Crippen molar-refractivity contribution >= 4 is 11.9 Å². The highest BCUT2D eigenvalue weighted by atomic mass is 16.7. The first-order chi connectivity index (χ1) is 28.3. The van der Waals surface area contributed by atoms with E-state index in [1.165, 1.54) is 32.1 Å². The van der Waals surface area contributed by atoms with Crippen molar-refractivity contribution in [2.75, 3.05) is 19.8 Å². The molecule has 0 aliphatic carbocycles.